The molecule has 1 aliphatic heterocycles. The third kappa shape index (κ3) is 3.95. The van der Waals surface area contributed by atoms with Gasteiger partial charge in [-0.15, -0.1) is 0 Å². The lowest BCUT2D eigenvalue weighted by molar-refractivity contribution is -0.0997. The van der Waals surface area contributed by atoms with E-state index in [4.69, 9.17) is 9.47 Å². The zero-order valence-electron chi connectivity index (χ0n) is 13.6. The number of amides is 2. The van der Waals surface area contributed by atoms with Crippen molar-refractivity contribution in [1.29, 1.82) is 0 Å². The van der Waals surface area contributed by atoms with Gasteiger partial charge >= 0.3 is 6.03 Å². The quantitative estimate of drug-likeness (QED) is 0.864. The van der Waals surface area contributed by atoms with E-state index in [1.54, 1.807) is 25.1 Å². The molecule has 0 spiro atoms. The van der Waals surface area contributed by atoms with Crippen molar-refractivity contribution in [3.63, 3.8) is 0 Å². The average molecular weight is 340 g/mol. The summed E-state index contributed by atoms with van der Waals surface area (Å²) in [5, 5.41) is 5.69. The number of carbonyl (C=O) groups excluding carboxylic acids is 1. The standard InChI is InChI=1S/C17H22F2N2O3/c1-10-4-5-11(7-14(10)24-9-16(18)19)20-17(22)21-13-8-15-12(13)3-2-6-23-15/h4-5,7,12-13,15-16H,2-3,6,8-9H2,1H3,(H2,20,21,22)/t12-,13-,15-/m1/s1. The minimum absolute atomic E-state index is 0.135. The van der Waals surface area contributed by atoms with Crippen LogP contribution in [0.5, 0.6) is 5.75 Å². The molecule has 0 unspecified atom stereocenters. The molecule has 0 aromatic heterocycles. The largest absolute Gasteiger partial charge is 0.487 e. The molecular weight excluding hydrogens is 318 g/mol. The lowest BCUT2D eigenvalue weighted by Crippen LogP contribution is -2.58. The van der Waals surface area contributed by atoms with Gasteiger partial charge in [0.15, 0.2) is 0 Å². The van der Waals surface area contributed by atoms with Gasteiger partial charge in [0.25, 0.3) is 6.43 Å². The van der Waals surface area contributed by atoms with Gasteiger partial charge in [-0.05, 0) is 37.8 Å². The molecule has 0 radical (unpaired) electrons. The highest BCUT2D eigenvalue weighted by atomic mass is 19.3. The number of hydrogen-bond donors (Lipinski definition) is 2. The molecule has 132 valence electrons. The van der Waals surface area contributed by atoms with Crippen molar-refractivity contribution in [1.82, 2.24) is 5.32 Å². The van der Waals surface area contributed by atoms with E-state index in [0.717, 1.165) is 31.4 Å². The Bertz CT molecular complexity index is 597. The maximum absolute atomic E-state index is 12.3. The lowest BCUT2D eigenvalue weighted by Gasteiger charge is -2.47. The summed E-state index contributed by atoms with van der Waals surface area (Å²) in [6.45, 7) is 1.91. The number of fused-ring (bicyclic) bond motifs is 1. The van der Waals surface area contributed by atoms with Crippen molar-refractivity contribution in [2.45, 2.75) is 44.8 Å². The molecule has 1 aromatic carbocycles. The minimum atomic E-state index is -2.53. The first kappa shape index (κ1) is 17.0. The highest BCUT2D eigenvalue weighted by Gasteiger charge is 2.43. The zero-order valence-corrected chi connectivity index (χ0v) is 13.6. The topological polar surface area (TPSA) is 59.6 Å². The van der Waals surface area contributed by atoms with Gasteiger partial charge in [0.2, 0.25) is 0 Å². The highest BCUT2D eigenvalue weighted by molar-refractivity contribution is 5.89. The van der Waals surface area contributed by atoms with Gasteiger partial charge in [-0.2, -0.15) is 0 Å². The number of halogens is 2. The summed E-state index contributed by atoms with van der Waals surface area (Å²) in [6, 6.07) is 4.84. The number of anilines is 1. The molecule has 2 N–H and O–H groups in total. The summed E-state index contributed by atoms with van der Waals surface area (Å²) in [7, 11) is 0. The summed E-state index contributed by atoms with van der Waals surface area (Å²) >= 11 is 0. The molecule has 1 heterocycles. The Labute approximate surface area is 139 Å². The Morgan fingerprint density at radius 1 is 1.46 bits per heavy atom. The molecule has 3 rings (SSSR count). The summed E-state index contributed by atoms with van der Waals surface area (Å²) in [5.74, 6) is 0.741. The zero-order chi connectivity index (χ0) is 17.1. The maximum Gasteiger partial charge on any atom is 0.319 e. The van der Waals surface area contributed by atoms with Crippen LogP contribution < -0.4 is 15.4 Å². The van der Waals surface area contributed by atoms with Crippen LogP contribution in [0.2, 0.25) is 0 Å². The van der Waals surface area contributed by atoms with Crippen molar-refractivity contribution < 1.29 is 23.0 Å². The Kier molecular flexibility index (Phi) is 5.18. The van der Waals surface area contributed by atoms with Gasteiger partial charge in [-0.3, -0.25) is 0 Å². The molecule has 24 heavy (non-hydrogen) atoms. The van der Waals surface area contributed by atoms with Crippen LogP contribution in [-0.2, 0) is 4.74 Å². The van der Waals surface area contributed by atoms with Gasteiger partial charge < -0.3 is 20.1 Å². The van der Waals surface area contributed by atoms with Crippen LogP contribution in [0, 0.1) is 12.8 Å². The molecular formula is C17H22F2N2O3. The molecule has 1 saturated heterocycles. The SMILES string of the molecule is Cc1ccc(NC(=O)N[C@@H]2C[C@H]3OCCC[C@H]23)cc1OCC(F)F. The fourth-order valence-corrected chi connectivity index (χ4v) is 3.28. The second-order valence-corrected chi connectivity index (χ2v) is 6.34. The van der Waals surface area contributed by atoms with Crippen LogP contribution in [0.15, 0.2) is 18.2 Å². The van der Waals surface area contributed by atoms with E-state index >= 15 is 0 Å². The predicted octanol–water partition coefficient (Wildman–Crippen LogP) is 3.33. The van der Waals surface area contributed by atoms with Crippen LogP contribution in [0.3, 0.4) is 0 Å². The second-order valence-electron chi connectivity index (χ2n) is 6.34. The normalized spacial score (nSPS) is 25.6. The van der Waals surface area contributed by atoms with Gasteiger partial charge in [-0.1, -0.05) is 6.07 Å². The van der Waals surface area contributed by atoms with Crippen LogP contribution in [0.1, 0.15) is 24.8 Å². The number of carbonyl (C=O) groups is 1. The summed E-state index contributed by atoms with van der Waals surface area (Å²) in [6.07, 6.45) is 0.691. The van der Waals surface area contributed by atoms with Gasteiger partial charge in [0.05, 0.1) is 6.10 Å². The third-order valence-corrected chi connectivity index (χ3v) is 4.62. The van der Waals surface area contributed by atoms with E-state index in [9.17, 15) is 13.6 Å². The van der Waals surface area contributed by atoms with E-state index in [1.807, 2.05) is 0 Å². The third-order valence-electron chi connectivity index (χ3n) is 4.62. The number of ether oxygens (including phenoxy) is 2. The molecule has 2 fully saturated rings. The van der Waals surface area contributed by atoms with E-state index in [1.165, 1.54) is 0 Å². The highest BCUT2D eigenvalue weighted by Crippen LogP contribution is 2.37. The van der Waals surface area contributed by atoms with Gasteiger partial charge in [0.1, 0.15) is 12.4 Å². The fraction of sp³-hybridized carbons (Fsp3) is 0.588. The summed E-state index contributed by atoms with van der Waals surface area (Å²) in [4.78, 5) is 12.1. The number of benzene rings is 1. The number of hydrogen-bond acceptors (Lipinski definition) is 3. The van der Waals surface area contributed by atoms with Crippen LogP contribution >= 0.6 is 0 Å². The van der Waals surface area contributed by atoms with E-state index in [-0.39, 0.29) is 18.2 Å². The molecule has 1 aromatic rings. The summed E-state index contributed by atoms with van der Waals surface area (Å²) < 4.78 is 35.2. The number of nitrogens with one attached hydrogen (secondary N) is 2. The number of urea groups is 1. The van der Waals surface area contributed by atoms with E-state index in [0.29, 0.717) is 17.4 Å². The molecule has 3 atom stereocenters. The van der Waals surface area contributed by atoms with Crippen LogP contribution in [0.25, 0.3) is 0 Å². The van der Waals surface area contributed by atoms with Crippen molar-refractivity contribution in [3.8, 4) is 5.75 Å². The van der Waals surface area contributed by atoms with Crippen LogP contribution in [-0.4, -0.2) is 37.8 Å². The molecule has 7 heteroatoms. The number of alkyl halides is 2. The van der Waals surface area contributed by atoms with Crippen molar-refractivity contribution >= 4 is 11.7 Å². The Morgan fingerprint density at radius 2 is 2.29 bits per heavy atom. The fourth-order valence-electron chi connectivity index (χ4n) is 3.28. The minimum Gasteiger partial charge on any atom is -0.487 e. The first-order chi connectivity index (χ1) is 11.5. The number of rotatable bonds is 5. The molecule has 2 aliphatic rings. The Hall–Kier alpha value is -1.89. The first-order valence-corrected chi connectivity index (χ1v) is 8.23. The second kappa shape index (κ2) is 7.34. The molecule has 0 bridgehead atoms. The molecule has 1 saturated carbocycles. The average Bonchev–Trinajstić information content (AvgIpc) is 2.53. The monoisotopic (exact) mass is 340 g/mol. The smallest absolute Gasteiger partial charge is 0.319 e. The predicted molar refractivity (Wildman–Crippen MR) is 85.7 cm³/mol. The molecule has 2 amide bonds. The van der Waals surface area contributed by atoms with E-state index in [2.05, 4.69) is 10.6 Å². The first-order valence-electron chi connectivity index (χ1n) is 8.23. The Balaban J connectivity index is 1.53. The van der Waals surface area contributed by atoms with Crippen molar-refractivity contribution in [2.75, 3.05) is 18.5 Å². The van der Waals surface area contributed by atoms with Crippen molar-refractivity contribution in [2.24, 2.45) is 5.92 Å². The maximum atomic E-state index is 12.3. The molecule has 5 nitrogen and oxygen atoms in total. The van der Waals surface area contributed by atoms with Gasteiger partial charge in [0, 0.05) is 30.3 Å². The van der Waals surface area contributed by atoms with Gasteiger partial charge in [-0.25, -0.2) is 13.6 Å². The van der Waals surface area contributed by atoms with E-state index < -0.39 is 13.0 Å². The summed E-state index contributed by atoms with van der Waals surface area (Å²) in [5.41, 5.74) is 1.25. The number of aryl methyl sites for hydroxylation is 1. The molecule has 1 aliphatic carbocycles. The van der Waals surface area contributed by atoms with Crippen molar-refractivity contribution in [3.05, 3.63) is 23.8 Å². The lowest BCUT2D eigenvalue weighted by atomic mass is 9.72. The Morgan fingerprint density at radius 3 is 3.04 bits per heavy atom. The van der Waals surface area contributed by atoms with Crippen LogP contribution in [0.4, 0.5) is 19.3 Å².